The summed E-state index contributed by atoms with van der Waals surface area (Å²) >= 11 is 0. The molecule has 1 aromatic rings. The van der Waals surface area contributed by atoms with Gasteiger partial charge in [0.05, 0.1) is 13.4 Å². The number of furan rings is 1. The average Bonchev–Trinajstić information content (AvgIpc) is 2.87. The van der Waals surface area contributed by atoms with Crippen LogP contribution in [0.25, 0.3) is 0 Å². The minimum absolute atomic E-state index is 0.302. The molecule has 0 aromatic carbocycles. The first-order valence-corrected chi connectivity index (χ1v) is 6.70. The third kappa shape index (κ3) is 3.36. The lowest BCUT2D eigenvalue weighted by Gasteiger charge is -2.35. The molecule has 2 unspecified atom stereocenters. The van der Waals surface area contributed by atoms with E-state index in [4.69, 9.17) is 9.15 Å². The monoisotopic (exact) mass is 266 g/mol. The predicted molar refractivity (Wildman–Crippen MR) is 72.0 cm³/mol. The molecular formula is C14H22N2O3. The van der Waals surface area contributed by atoms with Crippen LogP contribution in [0.15, 0.2) is 16.7 Å². The SMILES string of the molecule is COC(=O)c1occc1CNC1CCN(C)C(C)C1. The Hall–Kier alpha value is -1.33. The number of hydrogen-bond acceptors (Lipinski definition) is 5. The maximum atomic E-state index is 11.5. The summed E-state index contributed by atoms with van der Waals surface area (Å²) in [6, 6.07) is 2.90. The van der Waals surface area contributed by atoms with E-state index in [-0.39, 0.29) is 0 Å². The quantitative estimate of drug-likeness (QED) is 0.840. The molecule has 0 bridgehead atoms. The molecule has 1 aromatic heterocycles. The Labute approximate surface area is 113 Å². The molecule has 1 N–H and O–H groups in total. The molecule has 0 radical (unpaired) electrons. The van der Waals surface area contributed by atoms with Crippen LogP contribution in [0.1, 0.15) is 35.9 Å². The largest absolute Gasteiger partial charge is 0.463 e. The van der Waals surface area contributed by atoms with Gasteiger partial charge >= 0.3 is 5.97 Å². The second kappa shape index (κ2) is 6.21. The van der Waals surface area contributed by atoms with E-state index in [2.05, 4.69) is 24.2 Å². The van der Waals surface area contributed by atoms with Gasteiger partial charge in [0.1, 0.15) is 0 Å². The number of nitrogens with zero attached hydrogens (tertiary/aromatic N) is 1. The fourth-order valence-corrected chi connectivity index (χ4v) is 2.48. The van der Waals surface area contributed by atoms with Crippen LogP contribution in [0.5, 0.6) is 0 Å². The summed E-state index contributed by atoms with van der Waals surface area (Å²) in [5, 5.41) is 3.50. The molecule has 1 aliphatic rings. The standard InChI is InChI=1S/C14H22N2O3/c1-10-8-12(4-6-16(10)2)15-9-11-5-7-19-13(11)14(17)18-3/h5,7,10,12,15H,4,6,8-9H2,1-3H3. The molecule has 1 saturated heterocycles. The number of hydrogen-bond donors (Lipinski definition) is 1. The molecule has 1 aliphatic heterocycles. The van der Waals surface area contributed by atoms with E-state index in [0.29, 0.717) is 24.4 Å². The molecule has 5 nitrogen and oxygen atoms in total. The molecule has 0 aliphatic carbocycles. The van der Waals surface area contributed by atoms with Crippen molar-refractivity contribution in [2.45, 2.75) is 38.4 Å². The van der Waals surface area contributed by atoms with Gasteiger partial charge < -0.3 is 19.4 Å². The van der Waals surface area contributed by atoms with Crippen LogP contribution < -0.4 is 5.32 Å². The highest BCUT2D eigenvalue weighted by Crippen LogP contribution is 2.17. The van der Waals surface area contributed by atoms with Gasteiger partial charge in [-0.1, -0.05) is 0 Å². The Balaban J connectivity index is 1.89. The van der Waals surface area contributed by atoms with Gasteiger partial charge in [0.2, 0.25) is 5.76 Å². The summed E-state index contributed by atoms with van der Waals surface area (Å²) in [5.74, 6) is -0.116. The van der Waals surface area contributed by atoms with Crippen LogP contribution in [0.4, 0.5) is 0 Å². The normalized spacial score (nSPS) is 24.4. The molecule has 0 amide bonds. The third-order valence-electron chi connectivity index (χ3n) is 3.91. The van der Waals surface area contributed by atoms with E-state index < -0.39 is 5.97 Å². The molecule has 0 saturated carbocycles. The number of piperidine rings is 1. The zero-order valence-electron chi connectivity index (χ0n) is 11.8. The van der Waals surface area contributed by atoms with Crippen molar-refractivity contribution in [3.8, 4) is 0 Å². The van der Waals surface area contributed by atoms with Gasteiger partial charge in [0, 0.05) is 24.2 Å². The maximum absolute atomic E-state index is 11.5. The zero-order valence-corrected chi connectivity index (χ0v) is 11.8. The number of nitrogens with one attached hydrogen (secondary N) is 1. The highest BCUT2D eigenvalue weighted by molar-refractivity contribution is 5.87. The third-order valence-corrected chi connectivity index (χ3v) is 3.91. The molecule has 2 rings (SSSR count). The number of ether oxygens (including phenoxy) is 1. The van der Waals surface area contributed by atoms with Crippen molar-refractivity contribution in [2.24, 2.45) is 0 Å². The number of rotatable bonds is 4. The van der Waals surface area contributed by atoms with E-state index in [0.717, 1.165) is 24.9 Å². The van der Waals surface area contributed by atoms with Crippen LogP contribution in [-0.4, -0.2) is 43.7 Å². The summed E-state index contributed by atoms with van der Waals surface area (Å²) in [5.41, 5.74) is 0.860. The van der Waals surface area contributed by atoms with Gasteiger partial charge in [-0.15, -0.1) is 0 Å². The minimum Gasteiger partial charge on any atom is -0.463 e. The number of carbonyl (C=O) groups is 1. The molecule has 2 atom stereocenters. The number of carbonyl (C=O) groups excluding carboxylic acids is 1. The Bertz CT molecular complexity index is 430. The van der Waals surface area contributed by atoms with Crippen LogP contribution in [0.2, 0.25) is 0 Å². The average molecular weight is 266 g/mol. The molecular weight excluding hydrogens is 244 g/mol. The van der Waals surface area contributed by atoms with Gasteiger partial charge in [-0.05, 0) is 39.4 Å². The second-order valence-electron chi connectivity index (χ2n) is 5.20. The number of methoxy groups -OCH3 is 1. The molecule has 0 spiro atoms. The molecule has 2 heterocycles. The van der Waals surface area contributed by atoms with Gasteiger partial charge in [-0.2, -0.15) is 0 Å². The Morgan fingerprint density at radius 1 is 1.63 bits per heavy atom. The highest BCUT2D eigenvalue weighted by atomic mass is 16.5. The van der Waals surface area contributed by atoms with Crippen LogP contribution in [0, 0.1) is 0 Å². The lowest BCUT2D eigenvalue weighted by Crippen LogP contribution is -2.45. The molecule has 19 heavy (non-hydrogen) atoms. The van der Waals surface area contributed by atoms with Crippen molar-refractivity contribution >= 4 is 5.97 Å². The topological polar surface area (TPSA) is 54.7 Å². The van der Waals surface area contributed by atoms with Crippen molar-refractivity contribution in [1.29, 1.82) is 0 Å². The van der Waals surface area contributed by atoms with Crippen molar-refractivity contribution in [2.75, 3.05) is 20.7 Å². The highest BCUT2D eigenvalue weighted by Gasteiger charge is 2.23. The first-order valence-electron chi connectivity index (χ1n) is 6.70. The van der Waals surface area contributed by atoms with E-state index >= 15 is 0 Å². The van der Waals surface area contributed by atoms with Crippen molar-refractivity contribution in [3.63, 3.8) is 0 Å². The van der Waals surface area contributed by atoms with E-state index in [1.807, 2.05) is 6.07 Å². The minimum atomic E-state index is -0.418. The summed E-state index contributed by atoms with van der Waals surface area (Å²) in [4.78, 5) is 13.9. The summed E-state index contributed by atoms with van der Waals surface area (Å²) < 4.78 is 9.86. The molecule has 5 heteroatoms. The lowest BCUT2D eigenvalue weighted by atomic mass is 9.99. The maximum Gasteiger partial charge on any atom is 0.374 e. The van der Waals surface area contributed by atoms with Gasteiger partial charge in [-0.3, -0.25) is 0 Å². The smallest absolute Gasteiger partial charge is 0.374 e. The Morgan fingerprint density at radius 3 is 3.11 bits per heavy atom. The van der Waals surface area contributed by atoms with E-state index in [1.165, 1.54) is 13.4 Å². The molecule has 106 valence electrons. The Kier molecular flexibility index (Phi) is 4.61. The summed E-state index contributed by atoms with van der Waals surface area (Å²) in [7, 11) is 3.52. The fraction of sp³-hybridized carbons (Fsp3) is 0.643. The zero-order chi connectivity index (χ0) is 13.8. The fourth-order valence-electron chi connectivity index (χ4n) is 2.48. The number of esters is 1. The predicted octanol–water partition coefficient (Wildman–Crippen LogP) is 1.64. The summed E-state index contributed by atoms with van der Waals surface area (Å²) in [6.45, 7) is 3.99. The first-order chi connectivity index (χ1) is 9.11. The van der Waals surface area contributed by atoms with Crippen molar-refractivity contribution in [1.82, 2.24) is 10.2 Å². The lowest BCUT2D eigenvalue weighted by molar-refractivity contribution is 0.0563. The van der Waals surface area contributed by atoms with Gasteiger partial charge in [-0.25, -0.2) is 4.79 Å². The van der Waals surface area contributed by atoms with Crippen LogP contribution in [-0.2, 0) is 11.3 Å². The van der Waals surface area contributed by atoms with Crippen molar-refractivity contribution < 1.29 is 13.9 Å². The van der Waals surface area contributed by atoms with Gasteiger partial charge in [0.25, 0.3) is 0 Å². The molecule has 1 fully saturated rings. The van der Waals surface area contributed by atoms with E-state index in [1.54, 1.807) is 0 Å². The first kappa shape index (κ1) is 14.1. The van der Waals surface area contributed by atoms with Crippen LogP contribution in [0.3, 0.4) is 0 Å². The summed E-state index contributed by atoms with van der Waals surface area (Å²) in [6.07, 6.45) is 3.79. The van der Waals surface area contributed by atoms with Crippen molar-refractivity contribution in [3.05, 3.63) is 23.7 Å². The van der Waals surface area contributed by atoms with Crippen LogP contribution >= 0.6 is 0 Å². The second-order valence-corrected chi connectivity index (χ2v) is 5.20. The van der Waals surface area contributed by atoms with E-state index in [9.17, 15) is 4.79 Å². The van der Waals surface area contributed by atoms with Gasteiger partial charge in [0.15, 0.2) is 0 Å². The Morgan fingerprint density at radius 2 is 2.42 bits per heavy atom. The number of likely N-dealkylation sites (tertiary alicyclic amines) is 1.